The number of halogens is 1. The summed E-state index contributed by atoms with van der Waals surface area (Å²) in [5.74, 6) is -1.02. The zero-order valence-corrected chi connectivity index (χ0v) is 10.7. The molecule has 0 aliphatic rings. The maximum atomic E-state index is 10.7. The first-order chi connectivity index (χ1) is 8.49. The topological polar surface area (TPSA) is 66.4 Å². The highest BCUT2D eigenvalue weighted by Crippen LogP contribution is 2.18. The molecule has 0 atom stereocenters. The molecule has 1 aromatic carbocycles. The second kappa shape index (κ2) is 6.81. The smallest absolute Gasteiger partial charge is 0.307 e. The molecule has 96 valence electrons. The Labute approximate surface area is 110 Å². The lowest BCUT2D eigenvalue weighted by Crippen LogP contribution is -2.19. The van der Waals surface area contributed by atoms with Crippen LogP contribution in [-0.2, 0) is 16.0 Å². The van der Waals surface area contributed by atoms with E-state index in [9.17, 15) is 9.59 Å². The molecule has 2 N–H and O–H groups in total. The monoisotopic (exact) mass is 267 g/mol. The van der Waals surface area contributed by atoms with Crippen molar-refractivity contribution in [3.63, 3.8) is 0 Å². The van der Waals surface area contributed by atoms with E-state index in [1.807, 2.05) is 0 Å². The molecule has 0 fully saturated rings. The molecule has 0 saturated carbocycles. The third kappa shape index (κ3) is 5.01. The first kappa shape index (κ1) is 14.3. The van der Waals surface area contributed by atoms with Gasteiger partial charge in [-0.15, -0.1) is 0 Å². The van der Waals surface area contributed by atoms with Crippen LogP contribution in [0.4, 0.5) is 0 Å². The number of carbonyl (C=O) groups excluding carboxylic acids is 1. The summed E-state index contributed by atoms with van der Waals surface area (Å²) < 4.78 is 0. The van der Waals surface area contributed by atoms with E-state index in [1.165, 1.54) is 6.92 Å². The van der Waals surface area contributed by atoms with Gasteiger partial charge in [0.2, 0.25) is 5.91 Å². The van der Waals surface area contributed by atoms with Crippen molar-refractivity contribution in [2.45, 2.75) is 13.3 Å². The van der Waals surface area contributed by atoms with Crippen molar-refractivity contribution < 1.29 is 14.7 Å². The molecular weight excluding hydrogens is 254 g/mol. The van der Waals surface area contributed by atoms with E-state index in [4.69, 9.17) is 16.7 Å². The number of rotatable bonds is 5. The number of aliphatic carboxylic acids is 1. The Morgan fingerprint density at radius 1 is 1.44 bits per heavy atom. The van der Waals surface area contributed by atoms with E-state index < -0.39 is 5.97 Å². The van der Waals surface area contributed by atoms with Crippen molar-refractivity contribution in [3.05, 3.63) is 40.4 Å². The molecule has 0 aliphatic carbocycles. The molecule has 0 unspecified atom stereocenters. The van der Waals surface area contributed by atoms with Gasteiger partial charge in [-0.1, -0.05) is 29.8 Å². The minimum Gasteiger partial charge on any atom is -0.481 e. The fourth-order valence-electron chi connectivity index (χ4n) is 1.44. The Hall–Kier alpha value is -1.81. The fraction of sp³-hybridized carbons (Fsp3) is 0.231. The predicted octanol–water partition coefficient (Wildman–Crippen LogP) is 2.12. The Morgan fingerprint density at radius 3 is 2.78 bits per heavy atom. The van der Waals surface area contributed by atoms with Gasteiger partial charge in [0.15, 0.2) is 0 Å². The summed E-state index contributed by atoms with van der Waals surface area (Å²) in [4.78, 5) is 21.4. The van der Waals surface area contributed by atoms with Gasteiger partial charge in [0.1, 0.15) is 0 Å². The highest BCUT2D eigenvalue weighted by Gasteiger charge is 2.05. The van der Waals surface area contributed by atoms with Crippen molar-refractivity contribution in [1.82, 2.24) is 5.32 Å². The van der Waals surface area contributed by atoms with Crippen molar-refractivity contribution in [3.8, 4) is 0 Å². The van der Waals surface area contributed by atoms with E-state index in [0.717, 1.165) is 5.56 Å². The Balaban J connectivity index is 2.80. The van der Waals surface area contributed by atoms with E-state index in [2.05, 4.69) is 5.32 Å². The second-order valence-corrected chi connectivity index (χ2v) is 4.19. The maximum absolute atomic E-state index is 10.7. The SMILES string of the molecule is CC(=O)NCC=Cc1ccc(Cl)cc1CC(=O)O. The first-order valence-corrected chi connectivity index (χ1v) is 5.78. The largest absolute Gasteiger partial charge is 0.481 e. The zero-order chi connectivity index (χ0) is 13.5. The Morgan fingerprint density at radius 2 is 2.17 bits per heavy atom. The van der Waals surface area contributed by atoms with Crippen LogP contribution in [0.1, 0.15) is 18.1 Å². The van der Waals surface area contributed by atoms with Crippen LogP contribution in [0, 0.1) is 0 Å². The molecule has 5 heteroatoms. The molecule has 0 bridgehead atoms. The molecule has 1 amide bonds. The lowest BCUT2D eigenvalue weighted by Gasteiger charge is -2.04. The highest BCUT2D eigenvalue weighted by molar-refractivity contribution is 6.30. The summed E-state index contributed by atoms with van der Waals surface area (Å²) >= 11 is 5.83. The normalized spacial score (nSPS) is 10.6. The van der Waals surface area contributed by atoms with Gasteiger partial charge >= 0.3 is 5.97 Å². The van der Waals surface area contributed by atoms with Gasteiger partial charge in [-0.3, -0.25) is 9.59 Å². The summed E-state index contributed by atoms with van der Waals surface area (Å²) in [6, 6.07) is 5.09. The van der Waals surface area contributed by atoms with E-state index >= 15 is 0 Å². The third-order valence-electron chi connectivity index (χ3n) is 2.21. The van der Waals surface area contributed by atoms with Crippen molar-refractivity contribution in [2.75, 3.05) is 6.54 Å². The minimum absolute atomic E-state index is 0.0830. The molecule has 18 heavy (non-hydrogen) atoms. The molecule has 1 rings (SSSR count). The first-order valence-electron chi connectivity index (χ1n) is 5.40. The van der Waals surface area contributed by atoms with Crippen molar-refractivity contribution >= 4 is 29.6 Å². The van der Waals surface area contributed by atoms with Gasteiger partial charge in [0.25, 0.3) is 0 Å². The quantitative estimate of drug-likeness (QED) is 0.859. The van der Waals surface area contributed by atoms with Gasteiger partial charge < -0.3 is 10.4 Å². The molecule has 0 radical (unpaired) electrons. The molecule has 0 aliphatic heterocycles. The number of carboxylic acids is 1. The van der Waals surface area contributed by atoms with Crippen molar-refractivity contribution in [2.24, 2.45) is 0 Å². The van der Waals surface area contributed by atoms with Crippen LogP contribution < -0.4 is 5.32 Å². The average molecular weight is 268 g/mol. The van der Waals surface area contributed by atoms with Crippen molar-refractivity contribution in [1.29, 1.82) is 0 Å². The number of hydrogen-bond donors (Lipinski definition) is 2. The van der Waals surface area contributed by atoms with Gasteiger partial charge in [0.05, 0.1) is 6.42 Å². The van der Waals surface area contributed by atoms with E-state index in [1.54, 1.807) is 30.4 Å². The number of benzene rings is 1. The molecule has 0 saturated heterocycles. The standard InChI is InChI=1S/C13H14ClNO3/c1-9(16)15-6-2-3-10-4-5-12(14)7-11(10)8-13(17)18/h2-5,7H,6,8H2,1H3,(H,15,16)(H,17,18). The number of amides is 1. The van der Waals surface area contributed by atoms with Crippen LogP contribution in [-0.4, -0.2) is 23.5 Å². The van der Waals surface area contributed by atoms with Gasteiger partial charge in [0, 0.05) is 18.5 Å². The van der Waals surface area contributed by atoms with Crippen LogP contribution in [0.3, 0.4) is 0 Å². The van der Waals surface area contributed by atoms with Crippen LogP contribution in [0.25, 0.3) is 6.08 Å². The van der Waals surface area contributed by atoms with E-state index in [-0.39, 0.29) is 12.3 Å². The van der Waals surface area contributed by atoms with Crippen LogP contribution >= 0.6 is 11.6 Å². The number of hydrogen-bond acceptors (Lipinski definition) is 2. The van der Waals surface area contributed by atoms with Crippen LogP contribution in [0.15, 0.2) is 24.3 Å². The van der Waals surface area contributed by atoms with Gasteiger partial charge in [-0.25, -0.2) is 0 Å². The number of nitrogens with one attached hydrogen (secondary N) is 1. The fourth-order valence-corrected chi connectivity index (χ4v) is 1.64. The Bertz CT molecular complexity index is 483. The molecule has 4 nitrogen and oxygen atoms in total. The maximum Gasteiger partial charge on any atom is 0.307 e. The summed E-state index contributed by atoms with van der Waals surface area (Å²) in [6.45, 7) is 1.84. The molecule has 1 aromatic rings. The molecule has 0 spiro atoms. The Kier molecular flexibility index (Phi) is 5.39. The zero-order valence-electron chi connectivity index (χ0n) is 9.94. The van der Waals surface area contributed by atoms with Crippen LogP contribution in [0.5, 0.6) is 0 Å². The number of carbonyl (C=O) groups is 2. The lowest BCUT2D eigenvalue weighted by atomic mass is 10.0. The van der Waals surface area contributed by atoms with Gasteiger partial charge in [-0.05, 0) is 23.3 Å². The lowest BCUT2D eigenvalue weighted by molar-refractivity contribution is -0.136. The summed E-state index contributed by atoms with van der Waals surface area (Å²) in [5, 5.41) is 11.9. The summed E-state index contributed by atoms with van der Waals surface area (Å²) in [7, 11) is 0. The molecular formula is C13H14ClNO3. The highest BCUT2D eigenvalue weighted by atomic mass is 35.5. The minimum atomic E-state index is -0.909. The summed E-state index contributed by atoms with van der Waals surface area (Å²) in [5.41, 5.74) is 1.43. The average Bonchev–Trinajstić information content (AvgIpc) is 2.25. The third-order valence-corrected chi connectivity index (χ3v) is 2.45. The molecule has 0 heterocycles. The molecule has 0 aromatic heterocycles. The predicted molar refractivity (Wildman–Crippen MR) is 70.5 cm³/mol. The second-order valence-electron chi connectivity index (χ2n) is 3.75. The summed E-state index contributed by atoms with van der Waals surface area (Å²) in [6.07, 6.45) is 3.45. The van der Waals surface area contributed by atoms with E-state index in [0.29, 0.717) is 17.1 Å². The van der Waals surface area contributed by atoms with Crippen LogP contribution in [0.2, 0.25) is 5.02 Å². The number of carboxylic acid groups (broad SMARTS) is 1. The van der Waals surface area contributed by atoms with Gasteiger partial charge in [-0.2, -0.15) is 0 Å².